The van der Waals surface area contributed by atoms with Crippen LogP contribution in [0.3, 0.4) is 0 Å². The van der Waals surface area contributed by atoms with Crippen molar-refractivity contribution in [2.45, 2.75) is 13.5 Å². The molecule has 2 aromatic rings. The first-order valence-electron chi connectivity index (χ1n) is 4.13. The van der Waals surface area contributed by atoms with Gasteiger partial charge in [-0.05, 0) is 28.9 Å². The van der Waals surface area contributed by atoms with E-state index in [0.29, 0.717) is 6.54 Å². The molecule has 0 unspecified atom stereocenters. The number of rotatable bonds is 2. The Hall–Kier alpha value is -1.23. The summed E-state index contributed by atoms with van der Waals surface area (Å²) in [6, 6.07) is 1.87. The Morgan fingerprint density at radius 2 is 2.36 bits per heavy atom. The van der Waals surface area contributed by atoms with E-state index in [1.54, 1.807) is 17.1 Å². The van der Waals surface area contributed by atoms with Crippen LogP contribution in [0.15, 0.2) is 22.9 Å². The molecule has 14 heavy (non-hydrogen) atoms. The SMILES string of the molecule is CC(=O)Cn1cc2ncc(Br)cc2n1. The summed E-state index contributed by atoms with van der Waals surface area (Å²) in [7, 11) is 0. The molecule has 0 spiro atoms. The van der Waals surface area contributed by atoms with Crippen LogP contribution in [0.25, 0.3) is 11.0 Å². The molecule has 4 nitrogen and oxygen atoms in total. The average Bonchev–Trinajstić information content (AvgIpc) is 2.44. The largest absolute Gasteiger partial charge is 0.298 e. The summed E-state index contributed by atoms with van der Waals surface area (Å²) in [5.41, 5.74) is 1.59. The molecule has 0 amide bonds. The highest BCUT2D eigenvalue weighted by Crippen LogP contribution is 2.15. The van der Waals surface area contributed by atoms with E-state index in [2.05, 4.69) is 26.0 Å². The highest BCUT2D eigenvalue weighted by molar-refractivity contribution is 9.10. The molecule has 0 atom stereocenters. The van der Waals surface area contributed by atoms with Crippen molar-refractivity contribution in [1.29, 1.82) is 0 Å². The lowest BCUT2D eigenvalue weighted by atomic mass is 10.4. The number of halogens is 1. The molecule has 0 saturated heterocycles. The van der Waals surface area contributed by atoms with Gasteiger partial charge < -0.3 is 0 Å². The molecule has 2 rings (SSSR count). The van der Waals surface area contributed by atoms with Crippen LogP contribution in [0, 0.1) is 0 Å². The van der Waals surface area contributed by atoms with Crippen molar-refractivity contribution in [2.24, 2.45) is 0 Å². The first-order chi connectivity index (χ1) is 6.65. The lowest BCUT2D eigenvalue weighted by Gasteiger charge is -1.92. The van der Waals surface area contributed by atoms with Gasteiger partial charge in [0.25, 0.3) is 0 Å². The second kappa shape index (κ2) is 3.49. The van der Waals surface area contributed by atoms with E-state index in [1.165, 1.54) is 6.92 Å². The number of carbonyl (C=O) groups excluding carboxylic acids is 1. The van der Waals surface area contributed by atoms with Gasteiger partial charge in [0.1, 0.15) is 11.0 Å². The minimum Gasteiger partial charge on any atom is -0.298 e. The molecule has 2 heterocycles. The first-order valence-corrected chi connectivity index (χ1v) is 4.92. The summed E-state index contributed by atoms with van der Waals surface area (Å²) in [6.07, 6.45) is 3.48. The minimum atomic E-state index is 0.0804. The number of hydrogen-bond acceptors (Lipinski definition) is 3. The Morgan fingerprint density at radius 3 is 3.07 bits per heavy atom. The summed E-state index contributed by atoms with van der Waals surface area (Å²) in [5, 5.41) is 4.22. The van der Waals surface area contributed by atoms with Crippen molar-refractivity contribution >= 4 is 32.7 Å². The Bertz CT molecular complexity index is 492. The number of ketones is 1. The second-order valence-corrected chi connectivity index (χ2v) is 4.00. The summed E-state index contributed by atoms with van der Waals surface area (Å²) in [5.74, 6) is 0.0804. The number of nitrogens with zero attached hydrogens (tertiary/aromatic N) is 3. The summed E-state index contributed by atoms with van der Waals surface area (Å²) < 4.78 is 2.49. The van der Waals surface area contributed by atoms with E-state index in [-0.39, 0.29) is 5.78 Å². The Morgan fingerprint density at radius 1 is 1.57 bits per heavy atom. The van der Waals surface area contributed by atoms with Crippen molar-refractivity contribution in [2.75, 3.05) is 0 Å². The fourth-order valence-corrected chi connectivity index (χ4v) is 1.56. The van der Waals surface area contributed by atoms with Gasteiger partial charge in [0.15, 0.2) is 5.78 Å². The highest BCUT2D eigenvalue weighted by atomic mass is 79.9. The molecule has 72 valence electrons. The van der Waals surface area contributed by atoms with Crippen molar-refractivity contribution in [3.05, 3.63) is 22.9 Å². The second-order valence-electron chi connectivity index (χ2n) is 3.09. The molecule has 0 N–H and O–H groups in total. The number of aromatic nitrogens is 3. The number of hydrogen-bond donors (Lipinski definition) is 0. The standard InChI is InChI=1S/C9H8BrN3O/c1-6(14)4-13-5-9-8(12-13)2-7(10)3-11-9/h2-3,5H,4H2,1H3. The van der Waals surface area contributed by atoms with Gasteiger partial charge in [0.2, 0.25) is 0 Å². The lowest BCUT2D eigenvalue weighted by Crippen LogP contribution is -2.05. The maximum absolute atomic E-state index is 10.9. The Balaban J connectivity index is 2.46. The van der Waals surface area contributed by atoms with Crippen LogP contribution >= 0.6 is 15.9 Å². The molecule has 0 aliphatic heterocycles. The third kappa shape index (κ3) is 1.82. The fourth-order valence-electron chi connectivity index (χ4n) is 1.24. The number of Topliss-reactive ketones (excluding diaryl/α,β-unsaturated/α-hetero) is 1. The quantitative estimate of drug-likeness (QED) is 0.820. The Kier molecular flexibility index (Phi) is 2.33. The van der Waals surface area contributed by atoms with Crippen molar-refractivity contribution in [3.8, 4) is 0 Å². The van der Waals surface area contributed by atoms with Crippen molar-refractivity contribution in [3.63, 3.8) is 0 Å². The molecule has 2 aromatic heterocycles. The zero-order valence-corrected chi connectivity index (χ0v) is 9.15. The topological polar surface area (TPSA) is 47.8 Å². The molecule has 0 aliphatic carbocycles. The normalized spacial score (nSPS) is 10.7. The molecule has 0 saturated carbocycles. The third-order valence-corrected chi connectivity index (χ3v) is 2.19. The molecule has 5 heteroatoms. The van der Waals surface area contributed by atoms with E-state index >= 15 is 0 Å². The van der Waals surface area contributed by atoms with Gasteiger partial charge in [-0.25, -0.2) is 0 Å². The molecular formula is C9H8BrN3O. The fraction of sp³-hybridized carbons (Fsp3) is 0.222. The maximum Gasteiger partial charge on any atom is 0.151 e. The van der Waals surface area contributed by atoms with E-state index in [1.807, 2.05) is 6.07 Å². The first kappa shape index (κ1) is 9.33. The predicted molar refractivity (Wildman–Crippen MR) is 55.9 cm³/mol. The van der Waals surface area contributed by atoms with Crippen molar-refractivity contribution in [1.82, 2.24) is 14.8 Å². The van der Waals surface area contributed by atoms with Gasteiger partial charge in [-0.15, -0.1) is 0 Å². The third-order valence-electron chi connectivity index (χ3n) is 1.76. The minimum absolute atomic E-state index is 0.0804. The van der Waals surface area contributed by atoms with Crippen LogP contribution in [0.4, 0.5) is 0 Å². The predicted octanol–water partition coefficient (Wildman–Crippen LogP) is 1.78. The summed E-state index contributed by atoms with van der Waals surface area (Å²) in [4.78, 5) is 15.0. The number of pyridine rings is 1. The van der Waals surface area contributed by atoms with E-state index in [0.717, 1.165) is 15.5 Å². The Labute approximate surface area is 89.1 Å². The maximum atomic E-state index is 10.9. The molecule has 0 aliphatic rings. The van der Waals surface area contributed by atoms with E-state index in [4.69, 9.17) is 0 Å². The lowest BCUT2D eigenvalue weighted by molar-refractivity contribution is -0.117. The molecule has 0 bridgehead atoms. The average molecular weight is 254 g/mol. The molecule has 0 fully saturated rings. The molecule has 0 aromatic carbocycles. The van der Waals surface area contributed by atoms with Gasteiger partial charge in [0.05, 0.1) is 12.7 Å². The zero-order valence-electron chi connectivity index (χ0n) is 7.57. The van der Waals surface area contributed by atoms with Gasteiger partial charge in [-0.1, -0.05) is 0 Å². The van der Waals surface area contributed by atoms with Gasteiger partial charge in [-0.2, -0.15) is 5.10 Å². The smallest absolute Gasteiger partial charge is 0.151 e. The molecular weight excluding hydrogens is 246 g/mol. The monoisotopic (exact) mass is 253 g/mol. The van der Waals surface area contributed by atoms with Crippen LogP contribution in [-0.4, -0.2) is 20.5 Å². The zero-order chi connectivity index (χ0) is 10.1. The van der Waals surface area contributed by atoms with Crippen LogP contribution in [0.5, 0.6) is 0 Å². The van der Waals surface area contributed by atoms with Gasteiger partial charge >= 0.3 is 0 Å². The summed E-state index contributed by atoms with van der Waals surface area (Å²) >= 11 is 3.31. The van der Waals surface area contributed by atoms with Gasteiger partial charge in [0, 0.05) is 10.7 Å². The van der Waals surface area contributed by atoms with E-state index in [9.17, 15) is 4.79 Å². The van der Waals surface area contributed by atoms with Crippen molar-refractivity contribution < 1.29 is 4.79 Å². The number of carbonyl (C=O) groups is 1. The van der Waals surface area contributed by atoms with Gasteiger partial charge in [-0.3, -0.25) is 14.5 Å². The number of fused-ring (bicyclic) bond motifs is 1. The van der Waals surface area contributed by atoms with Crippen LogP contribution in [-0.2, 0) is 11.3 Å². The highest BCUT2D eigenvalue weighted by Gasteiger charge is 2.03. The van der Waals surface area contributed by atoms with Crippen LogP contribution in [0.2, 0.25) is 0 Å². The molecule has 0 radical (unpaired) electrons. The van der Waals surface area contributed by atoms with Crippen LogP contribution < -0.4 is 0 Å². The summed E-state index contributed by atoms with van der Waals surface area (Å²) in [6.45, 7) is 1.84. The van der Waals surface area contributed by atoms with E-state index < -0.39 is 0 Å². The van der Waals surface area contributed by atoms with Crippen LogP contribution in [0.1, 0.15) is 6.92 Å².